The first-order valence-electron chi connectivity index (χ1n) is 48.4. The first-order chi connectivity index (χ1) is 68.6. The number of hydrogen-bond acceptors (Lipinski definition) is 6. The Hall–Kier alpha value is -17.4. The van der Waals surface area contributed by atoms with Crippen LogP contribution < -0.4 is 78.6 Å². The maximum absolute atomic E-state index is 2.48. The molecule has 0 amide bonds. The molecule has 0 unspecified atom stereocenters. The summed E-state index contributed by atoms with van der Waals surface area (Å²) >= 11 is 0. The largest absolute Gasteiger partial charge is 0.311 e. The van der Waals surface area contributed by atoms with Crippen molar-refractivity contribution >= 4 is 172 Å². The van der Waals surface area contributed by atoms with Gasteiger partial charge in [0, 0.05) is 102 Å². The summed E-state index contributed by atoms with van der Waals surface area (Å²) < 4.78 is 0. The highest BCUT2D eigenvalue weighted by Gasteiger charge is 2.47. The Balaban J connectivity index is 0.000000110. The smallest absolute Gasteiger partial charge is 0.252 e. The van der Waals surface area contributed by atoms with Crippen molar-refractivity contribution in [3.05, 3.63) is 526 Å². The Kier molecular flexibility index (Phi) is 21.1. The molecule has 27 rings (SSSR count). The van der Waals surface area contributed by atoms with Crippen LogP contribution in [0.15, 0.2) is 504 Å². The maximum Gasteiger partial charge on any atom is 0.252 e. The Morgan fingerprint density at radius 2 is 0.288 bits per heavy atom. The van der Waals surface area contributed by atoms with Crippen LogP contribution in [0.4, 0.5) is 102 Å². The van der Waals surface area contributed by atoms with Crippen molar-refractivity contribution < 1.29 is 0 Å². The minimum Gasteiger partial charge on any atom is -0.311 e. The predicted molar refractivity (Wildman–Crippen MR) is 593 cm³/mol. The average Bonchev–Trinajstić information content (AvgIpc) is 0.707. The molecule has 21 aromatic carbocycles. The molecule has 0 fully saturated rings. The second-order valence-corrected chi connectivity index (χ2v) is 37.3. The van der Waals surface area contributed by atoms with Crippen LogP contribution in [0.5, 0.6) is 0 Å². The van der Waals surface area contributed by atoms with Gasteiger partial charge in [0.25, 0.3) is 20.1 Å². The number of para-hydroxylation sites is 5. The molecule has 0 bridgehead atoms. The van der Waals surface area contributed by atoms with Crippen molar-refractivity contribution in [1.82, 2.24) is 0 Å². The van der Waals surface area contributed by atoms with Crippen LogP contribution in [0.25, 0.3) is 66.8 Å². The van der Waals surface area contributed by atoms with Crippen molar-refractivity contribution in [2.75, 3.05) is 29.4 Å². The van der Waals surface area contributed by atoms with Crippen LogP contribution in [0.2, 0.25) is 0 Å². The lowest BCUT2D eigenvalue weighted by Gasteiger charge is -2.44. The van der Waals surface area contributed by atoms with Crippen molar-refractivity contribution in [1.29, 1.82) is 0 Å². The van der Waals surface area contributed by atoms with E-state index >= 15 is 0 Å². The highest BCUT2D eigenvalue weighted by Crippen LogP contribution is 2.50. The monoisotopic (exact) mass is 1770 g/mol. The third-order valence-corrected chi connectivity index (χ3v) is 28.9. The summed E-state index contributed by atoms with van der Waals surface area (Å²) in [5.74, 6) is 0. The molecule has 0 aromatic heterocycles. The molecular weight excluding hydrogens is 1680 g/mol. The van der Waals surface area contributed by atoms with Crippen LogP contribution in [0.3, 0.4) is 0 Å². The normalized spacial score (nSPS) is 12.8. The van der Waals surface area contributed by atoms with E-state index in [4.69, 9.17) is 0 Å². The fourth-order valence-electron chi connectivity index (χ4n) is 22.3. The van der Waals surface area contributed by atoms with E-state index in [2.05, 4.69) is 561 Å². The Bertz CT molecular complexity index is 8210. The Morgan fingerprint density at radius 3 is 0.547 bits per heavy atom. The minimum absolute atomic E-state index is 0.0950. The fraction of sp³-hybridized carbons (Fsp3) is 0.0308. The predicted octanol–water partition coefficient (Wildman–Crippen LogP) is 28.5. The molecule has 21 aromatic rings. The molecular formula is C130H95B3N6. The van der Waals surface area contributed by atoms with E-state index in [1.54, 1.807) is 0 Å². The van der Waals surface area contributed by atoms with Gasteiger partial charge >= 0.3 is 0 Å². The summed E-state index contributed by atoms with van der Waals surface area (Å²) in [5.41, 5.74) is 53.5. The van der Waals surface area contributed by atoms with Crippen molar-refractivity contribution in [2.24, 2.45) is 0 Å². The molecule has 0 aliphatic carbocycles. The first kappa shape index (κ1) is 83.4. The zero-order valence-electron chi connectivity index (χ0n) is 77.8. The van der Waals surface area contributed by atoms with Gasteiger partial charge in [0.15, 0.2) is 0 Å². The second kappa shape index (κ2) is 35.1. The molecule has 139 heavy (non-hydrogen) atoms. The summed E-state index contributed by atoms with van der Waals surface area (Å²) in [5, 5.41) is 0. The van der Waals surface area contributed by atoms with Crippen LogP contribution in [0.1, 0.15) is 22.3 Å². The summed E-state index contributed by atoms with van der Waals surface area (Å²) in [6.45, 7) is 8.88. The van der Waals surface area contributed by atoms with Gasteiger partial charge in [-0.05, 0) is 289 Å². The zero-order chi connectivity index (χ0) is 92.7. The fourth-order valence-corrected chi connectivity index (χ4v) is 22.3. The molecule has 6 aliphatic rings. The number of aryl methyl sites for hydroxylation is 4. The van der Waals surface area contributed by atoms with E-state index in [9.17, 15) is 0 Å². The van der Waals surface area contributed by atoms with E-state index in [1.165, 1.54) is 223 Å². The number of rotatable bonds is 12. The standard InChI is InChI=1S/C45H35BN2.C43H31BN2.C42H29BN2/c1-30-11-17-33(18-12-30)34-21-26-38(27-22-34)48-42-28-23-36(35-19-13-31(2)14-20-35)29-40(42)46-39-7-4-5-8-41(39)47(37-24-15-32(3)16-25-37)43-9-6-10-44(48)45(43)46;1-30-19-21-33(22-20-30)34-25-28-40-38(29-34)44-37-15-8-9-16-39(37)45(35-13-6-3-7-14-35)41-17-10-18-42(43(41)44)46(40)36-26-23-32(24-27-36)31-11-4-2-5-12-31;1-4-13-30(14-5-1)32-23-26-35(27-24-32)45-39-28-25-33(31-15-6-2-7-16-31)29-37(39)43-36-19-10-11-20-38(36)44(34-17-8-3-9-18-34)40-21-12-22-41(45)42(40)43/h4-29H,1-3H3;2-29H,1H3;1-29H. The SMILES string of the molecule is Cc1ccc(-c2ccc(N3c4ccc(-c5ccc(C)cc5)cc4B4c5ccccc5N(c5ccc(C)cc5)c5cccc3c54)cc2)cc1.Cc1ccc(-c2ccc3c(c2)B2c4ccccc4N(c4ccccc4)c4cccc(c42)N3c2ccc(-c3ccccc3)cc2)cc1.c1ccc(-c2ccc(N3c4ccc(-c5ccccc5)cc4B4c5ccccc5N(c5ccccc5)c5cccc3c54)cc2)cc1. The van der Waals surface area contributed by atoms with Gasteiger partial charge in [-0.15, -0.1) is 0 Å². The lowest BCUT2D eigenvalue weighted by molar-refractivity contribution is 1.25. The summed E-state index contributed by atoms with van der Waals surface area (Å²) in [6, 6.07) is 185. The number of benzene rings is 21. The number of nitrogens with zero attached hydrogens (tertiary/aromatic N) is 6. The van der Waals surface area contributed by atoms with Gasteiger partial charge in [-0.3, -0.25) is 0 Å². The van der Waals surface area contributed by atoms with Gasteiger partial charge in [0.2, 0.25) is 0 Å². The van der Waals surface area contributed by atoms with Gasteiger partial charge < -0.3 is 29.4 Å². The molecule has 0 saturated carbocycles. The minimum atomic E-state index is 0.0950. The van der Waals surface area contributed by atoms with E-state index < -0.39 is 0 Å². The lowest BCUT2D eigenvalue weighted by atomic mass is 9.33. The summed E-state index contributed by atoms with van der Waals surface area (Å²) in [6.07, 6.45) is 0. The Labute approximate surface area is 815 Å². The molecule has 6 heterocycles. The van der Waals surface area contributed by atoms with E-state index in [1.807, 2.05) is 0 Å². The molecule has 0 spiro atoms. The number of hydrogen-bond donors (Lipinski definition) is 0. The van der Waals surface area contributed by atoms with Gasteiger partial charge in [0.1, 0.15) is 0 Å². The molecule has 0 atom stereocenters. The average molecular weight is 1770 g/mol. The van der Waals surface area contributed by atoms with Crippen LogP contribution in [-0.2, 0) is 0 Å². The molecule has 0 saturated heterocycles. The number of fused-ring (bicyclic) bond motifs is 12. The van der Waals surface area contributed by atoms with Crippen molar-refractivity contribution in [3.63, 3.8) is 0 Å². The van der Waals surface area contributed by atoms with Crippen molar-refractivity contribution in [3.8, 4) is 66.8 Å². The van der Waals surface area contributed by atoms with E-state index in [0.29, 0.717) is 0 Å². The summed E-state index contributed by atoms with van der Waals surface area (Å²) in [7, 11) is 0. The molecule has 9 heteroatoms. The molecule has 6 nitrogen and oxygen atoms in total. The number of anilines is 18. The van der Waals surface area contributed by atoms with Crippen molar-refractivity contribution in [2.45, 2.75) is 27.7 Å². The quantitative estimate of drug-likeness (QED) is 0.113. The summed E-state index contributed by atoms with van der Waals surface area (Å²) in [4.78, 5) is 14.7. The second-order valence-electron chi connectivity index (χ2n) is 37.3. The highest BCUT2D eigenvalue weighted by atomic mass is 15.2. The molecule has 0 radical (unpaired) electrons. The van der Waals surface area contributed by atoms with Gasteiger partial charge in [-0.1, -0.05) is 380 Å². The van der Waals surface area contributed by atoms with E-state index in [-0.39, 0.29) is 20.1 Å². The topological polar surface area (TPSA) is 19.4 Å². The van der Waals surface area contributed by atoms with Crippen LogP contribution in [-0.4, -0.2) is 20.1 Å². The molecule has 0 N–H and O–H groups in total. The molecule has 6 aliphatic heterocycles. The van der Waals surface area contributed by atoms with Crippen LogP contribution in [0, 0.1) is 27.7 Å². The third kappa shape index (κ3) is 14.8. The van der Waals surface area contributed by atoms with Gasteiger partial charge in [-0.25, -0.2) is 0 Å². The van der Waals surface area contributed by atoms with E-state index in [0.717, 1.165) is 17.1 Å². The maximum atomic E-state index is 2.48. The lowest BCUT2D eigenvalue weighted by Crippen LogP contribution is -2.61. The molecule has 654 valence electrons. The first-order valence-corrected chi connectivity index (χ1v) is 48.4. The Morgan fingerprint density at radius 1 is 0.122 bits per heavy atom. The van der Waals surface area contributed by atoms with Crippen LogP contribution >= 0.6 is 0 Å². The zero-order valence-corrected chi connectivity index (χ0v) is 77.8. The van der Waals surface area contributed by atoms with Gasteiger partial charge in [0.05, 0.1) is 0 Å². The third-order valence-electron chi connectivity index (χ3n) is 28.9. The highest BCUT2D eigenvalue weighted by molar-refractivity contribution is 7.02. The van der Waals surface area contributed by atoms with Gasteiger partial charge in [-0.2, -0.15) is 0 Å².